The van der Waals surface area contributed by atoms with E-state index < -0.39 is 0 Å². The number of nitrogens with one attached hydrogen (secondary N) is 2. The van der Waals surface area contributed by atoms with Gasteiger partial charge < -0.3 is 24.2 Å². The van der Waals surface area contributed by atoms with Crippen LogP contribution in [0.1, 0.15) is 22.3 Å². The molecule has 0 atom stereocenters. The van der Waals surface area contributed by atoms with Crippen molar-refractivity contribution in [3.8, 4) is 11.5 Å². The minimum absolute atomic E-state index is 0.127. The normalized spacial score (nSPS) is 11.1. The molecule has 7 heteroatoms. The summed E-state index contributed by atoms with van der Waals surface area (Å²) in [6.07, 6.45) is 2.63. The summed E-state index contributed by atoms with van der Waals surface area (Å²) in [5, 5.41) is 4.69. The molecule has 0 bridgehead atoms. The Morgan fingerprint density at radius 1 is 1.12 bits per heavy atom. The molecular formula is C25H26N2O5. The number of fused-ring (bicyclic) bond motifs is 2. The second-order valence-electron chi connectivity index (χ2n) is 7.89. The van der Waals surface area contributed by atoms with Crippen LogP contribution in [0.25, 0.3) is 21.9 Å². The zero-order valence-electron chi connectivity index (χ0n) is 18.6. The average molecular weight is 434 g/mol. The summed E-state index contributed by atoms with van der Waals surface area (Å²) in [6.45, 7) is 5.81. The van der Waals surface area contributed by atoms with Crippen LogP contribution in [0.5, 0.6) is 11.5 Å². The molecule has 2 aromatic heterocycles. The molecule has 0 aliphatic carbocycles. The number of aromatic amines is 1. The number of carbonyl (C=O) groups excluding carboxylic acids is 1. The Kier molecular flexibility index (Phi) is 5.90. The van der Waals surface area contributed by atoms with E-state index >= 15 is 0 Å². The number of H-pyrrole nitrogens is 1. The number of aryl methyl sites for hydroxylation is 2. The van der Waals surface area contributed by atoms with Gasteiger partial charge in [0.05, 0.1) is 12.5 Å². The van der Waals surface area contributed by atoms with Gasteiger partial charge in [0.25, 0.3) is 5.91 Å². The first-order chi connectivity index (χ1) is 15.4. The van der Waals surface area contributed by atoms with Gasteiger partial charge in [-0.05, 0) is 74.2 Å². The molecule has 0 unspecified atom stereocenters. The Balaban J connectivity index is 1.41. The zero-order valence-corrected chi connectivity index (χ0v) is 18.6. The van der Waals surface area contributed by atoms with Crippen LogP contribution in [0.2, 0.25) is 0 Å². The highest BCUT2D eigenvalue weighted by Gasteiger charge is 2.14. The summed E-state index contributed by atoms with van der Waals surface area (Å²) in [6, 6.07) is 9.51. The van der Waals surface area contributed by atoms with E-state index in [1.165, 1.54) is 0 Å². The van der Waals surface area contributed by atoms with E-state index in [9.17, 15) is 9.59 Å². The first-order valence-electron chi connectivity index (χ1n) is 10.5. The predicted molar refractivity (Wildman–Crippen MR) is 124 cm³/mol. The van der Waals surface area contributed by atoms with Gasteiger partial charge in [-0.3, -0.25) is 4.79 Å². The third kappa shape index (κ3) is 4.19. The first-order valence-corrected chi connectivity index (χ1v) is 10.5. The van der Waals surface area contributed by atoms with Crippen molar-refractivity contribution >= 4 is 27.8 Å². The lowest BCUT2D eigenvalue weighted by Crippen LogP contribution is -2.30. The molecule has 7 nitrogen and oxygen atoms in total. The van der Waals surface area contributed by atoms with E-state index in [0.29, 0.717) is 35.2 Å². The molecule has 0 saturated carbocycles. The Morgan fingerprint density at radius 3 is 2.72 bits per heavy atom. The molecule has 0 fully saturated rings. The van der Waals surface area contributed by atoms with Crippen LogP contribution in [0.3, 0.4) is 0 Å². The molecular weight excluding hydrogens is 408 g/mol. The number of methoxy groups -OCH3 is 1. The van der Waals surface area contributed by atoms with Crippen molar-refractivity contribution in [3.05, 3.63) is 69.2 Å². The third-order valence-corrected chi connectivity index (χ3v) is 5.71. The molecule has 0 saturated heterocycles. The van der Waals surface area contributed by atoms with E-state index in [1.807, 2.05) is 44.3 Å². The zero-order chi connectivity index (χ0) is 22.8. The number of hydrogen-bond acceptors (Lipinski definition) is 5. The van der Waals surface area contributed by atoms with Gasteiger partial charge in [-0.2, -0.15) is 0 Å². The smallest absolute Gasteiger partial charge is 0.339 e. The van der Waals surface area contributed by atoms with Crippen molar-refractivity contribution < 1.29 is 18.7 Å². The fourth-order valence-corrected chi connectivity index (χ4v) is 3.82. The third-order valence-electron chi connectivity index (χ3n) is 5.71. The van der Waals surface area contributed by atoms with Crippen molar-refractivity contribution in [1.82, 2.24) is 10.3 Å². The SMILES string of the molecule is COc1ccc2[nH]cc(CCNC(=O)COc3cc(C)cc4oc(=O)c(C)c(C)c34)c2c1. The van der Waals surface area contributed by atoms with Crippen LogP contribution in [-0.2, 0) is 11.2 Å². The van der Waals surface area contributed by atoms with Crippen LogP contribution >= 0.6 is 0 Å². The summed E-state index contributed by atoms with van der Waals surface area (Å²) >= 11 is 0. The minimum atomic E-state index is -0.362. The van der Waals surface area contributed by atoms with E-state index in [4.69, 9.17) is 13.9 Å². The lowest BCUT2D eigenvalue weighted by atomic mass is 10.0. The van der Waals surface area contributed by atoms with Crippen molar-refractivity contribution in [2.75, 3.05) is 20.3 Å². The standard InChI is InChI=1S/C25H26N2O5/c1-14-9-21(24-15(2)16(3)25(29)32-22(24)10-14)31-13-23(28)26-8-7-17-12-27-20-6-5-18(30-4)11-19(17)20/h5-6,9-12,27H,7-8,13H2,1-4H3,(H,26,28). The van der Waals surface area contributed by atoms with Crippen molar-refractivity contribution in [2.45, 2.75) is 27.2 Å². The molecule has 2 aromatic carbocycles. The number of amides is 1. The van der Waals surface area contributed by atoms with Crippen molar-refractivity contribution in [3.63, 3.8) is 0 Å². The summed E-state index contributed by atoms with van der Waals surface area (Å²) in [7, 11) is 1.64. The summed E-state index contributed by atoms with van der Waals surface area (Å²) < 4.78 is 16.5. The molecule has 2 heterocycles. The van der Waals surface area contributed by atoms with Crippen LogP contribution in [0.15, 0.2) is 45.7 Å². The monoisotopic (exact) mass is 434 g/mol. The Hall–Kier alpha value is -3.74. The Morgan fingerprint density at radius 2 is 1.94 bits per heavy atom. The molecule has 1 amide bonds. The molecule has 4 rings (SSSR count). The van der Waals surface area contributed by atoms with Gasteiger partial charge >= 0.3 is 5.63 Å². The number of ether oxygens (including phenoxy) is 2. The Bertz CT molecular complexity index is 1370. The number of hydrogen-bond donors (Lipinski definition) is 2. The van der Waals surface area contributed by atoms with Gasteiger partial charge in [-0.15, -0.1) is 0 Å². The molecule has 0 spiro atoms. The van der Waals surface area contributed by atoms with Gasteiger partial charge in [0, 0.05) is 29.2 Å². The predicted octanol–water partition coefficient (Wildman–Crippen LogP) is 3.95. The summed E-state index contributed by atoms with van der Waals surface area (Å²) in [5.74, 6) is 1.11. The molecule has 0 aliphatic heterocycles. The molecule has 0 aliphatic rings. The second kappa shape index (κ2) is 8.78. The van der Waals surface area contributed by atoms with Gasteiger partial charge in [-0.25, -0.2) is 4.79 Å². The number of benzene rings is 2. The highest BCUT2D eigenvalue weighted by atomic mass is 16.5. The van der Waals surface area contributed by atoms with E-state index in [0.717, 1.165) is 33.3 Å². The van der Waals surface area contributed by atoms with E-state index in [2.05, 4.69) is 10.3 Å². The minimum Gasteiger partial charge on any atom is -0.497 e. The lowest BCUT2D eigenvalue weighted by Gasteiger charge is -2.13. The first kappa shape index (κ1) is 21.5. The molecule has 2 N–H and O–H groups in total. The highest BCUT2D eigenvalue weighted by Crippen LogP contribution is 2.30. The summed E-state index contributed by atoms with van der Waals surface area (Å²) in [5.41, 5.74) is 4.44. The van der Waals surface area contributed by atoms with Crippen LogP contribution in [-0.4, -0.2) is 31.2 Å². The fourth-order valence-electron chi connectivity index (χ4n) is 3.82. The number of rotatable bonds is 7. The maximum absolute atomic E-state index is 12.4. The molecule has 0 radical (unpaired) electrons. The van der Waals surface area contributed by atoms with Gasteiger partial charge in [-0.1, -0.05) is 0 Å². The maximum Gasteiger partial charge on any atom is 0.339 e. The number of aromatic nitrogens is 1. The lowest BCUT2D eigenvalue weighted by molar-refractivity contribution is -0.123. The van der Waals surface area contributed by atoms with Crippen molar-refractivity contribution in [2.24, 2.45) is 0 Å². The molecule has 4 aromatic rings. The largest absolute Gasteiger partial charge is 0.497 e. The second-order valence-corrected chi connectivity index (χ2v) is 7.89. The average Bonchev–Trinajstić information content (AvgIpc) is 3.17. The topological polar surface area (TPSA) is 93.6 Å². The molecule has 32 heavy (non-hydrogen) atoms. The summed E-state index contributed by atoms with van der Waals surface area (Å²) in [4.78, 5) is 27.6. The van der Waals surface area contributed by atoms with Crippen LogP contribution in [0, 0.1) is 20.8 Å². The Labute approximate surface area is 185 Å². The van der Waals surface area contributed by atoms with E-state index in [-0.39, 0.29) is 18.1 Å². The number of carbonyl (C=O) groups is 1. The van der Waals surface area contributed by atoms with Gasteiger partial charge in [0.1, 0.15) is 17.1 Å². The van der Waals surface area contributed by atoms with Gasteiger partial charge in [0.2, 0.25) is 0 Å². The van der Waals surface area contributed by atoms with E-state index in [1.54, 1.807) is 20.1 Å². The molecule has 166 valence electrons. The van der Waals surface area contributed by atoms with Crippen LogP contribution in [0.4, 0.5) is 0 Å². The fraction of sp³-hybridized carbons (Fsp3) is 0.280. The van der Waals surface area contributed by atoms with Crippen molar-refractivity contribution in [1.29, 1.82) is 0 Å². The quantitative estimate of drug-likeness (QED) is 0.430. The maximum atomic E-state index is 12.4. The van der Waals surface area contributed by atoms with Gasteiger partial charge in [0.15, 0.2) is 6.61 Å². The van der Waals surface area contributed by atoms with Crippen LogP contribution < -0.4 is 20.4 Å². The highest BCUT2D eigenvalue weighted by molar-refractivity contribution is 5.89.